The number of piperidine rings is 1. The molecule has 0 radical (unpaired) electrons. The lowest BCUT2D eigenvalue weighted by atomic mass is 9.84. The first kappa shape index (κ1) is 18.6. The predicted octanol–water partition coefficient (Wildman–Crippen LogP) is 4.90. The summed E-state index contributed by atoms with van der Waals surface area (Å²) >= 11 is 0. The second kappa shape index (κ2) is 6.83. The maximum absolute atomic E-state index is 12.8. The third-order valence-corrected chi connectivity index (χ3v) is 6.67. The Balaban J connectivity index is 1.33. The summed E-state index contributed by atoms with van der Waals surface area (Å²) in [6.07, 6.45) is 1.75. The van der Waals surface area contributed by atoms with Gasteiger partial charge in [-0.1, -0.05) is 12.1 Å². The maximum atomic E-state index is 12.8. The van der Waals surface area contributed by atoms with Gasteiger partial charge in [-0.3, -0.25) is 4.90 Å². The number of nitrogens with zero attached hydrogens (tertiary/aromatic N) is 4. The van der Waals surface area contributed by atoms with Crippen molar-refractivity contribution in [2.24, 2.45) is 7.05 Å². The summed E-state index contributed by atoms with van der Waals surface area (Å²) in [4.78, 5) is 11.6. The number of benzene rings is 1. The van der Waals surface area contributed by atoms with E-state index in [1.165, 1.54) is 12.1 Å². The van der Waals surface area contributed by atoms with Crippen LogP contribution in [0.15, 0.2) is 42.6 Å². The Kier molecular flexibility index (Phi) is 4.38. The molecule has 2 aliphatic heterocycles. The summed E-state index contributed by atoms with van der Waals surface area (Å²) in [5.74, 6) is 1.34. The highest BCUT2D eigenvalue weighted by Gasteiger charge is 2.41. The lowest BCUT2D eigenvalue weighted by molar-refractivity contribution is -0.137. The fraction of sp³-hybridized carbons (Fsp3) is 0.455. The number of aromatic nitrogens is 3. The monoisotopic (exact) mass is 400 g/mol. The molecule has 2 bridgehead atoms. The molecule has 0 spiro atoms. The smallest absolute Gasteiger partial charge is 0.329 e. The molecule has 5 rings (SSSR count). The second-order valence-electron chi connectivity index (χ2n) is 8.28. The SMILES string of the molecule is Cn1c(CN2[C@@H]3CC[C@H]2CC(c2ccc(C(F)(F)F)cc2)C3)nc2ncccc21. The molecule has 29 heavy (non-hydrogen) atoms. The Bertz CT molecular complexity index is 1010. The minimum Gasteiger partial charge on any atom is -0.329 e. The van der Waals surface area contributed by atoms with Crippen LogP contribution in [0.5, 0.6) is 0 Å². The number of imidazole rings is 1. The summed E-state index contributed by atoms with van der Waals surface area (Å²) < 4.78 is 40.6. The number of hydrogen-bond acceptors (Lipinski definition) is 3. The van der Waals surface area contributed by atoms with Gasteiger partial charge in [0.25, 0.3) is 0 Å². The van der Waals surface area contributed by atoms with Gasteiger partial charge in [0.2, 0.25) is 0 Å². The third-order valence-electron chi connectivity index (χ3n) is 6.67. The number of halogens is 3. The van der Waals surface area contributed by atoms with Crippen LogP contribution in [0.4, 0.5) is 13.2 Å². The molecule has 7 heteroatoms. The van der Waals surface area contributed by atoms with E-state index < -0.39 is 11.7 Å². The minimum absolute atomic E-state index is 0.327. The molecule has 1 aromatic carbocycles. The summed E-state index contributed by atoms with van der Waals surface area (Å²) in [5.41, 5.74) is 2.27. The van der Waals surface area contributed by atoms with E-state index in [1.807, 2.05) is 19.2 Å². The molecule has 0 saturated carbocycles. The van der Waals surface area contributed by atoms with Crippen LogP contribution in [0.1, 0.15) is 48.6 Å². The van der Waals surface area contributed by atoms with Gasteiger partial charge in [-0.2, -0.15) is 13.2 Å². The molecule has 152 valence electrons. The average molecular weight is 400 g/mol. The zero-order valence-corrected chi connectivity index (χ0v) is 16.2. The number of pyridine rings is 1. The van der Waals surface area contributed by atoms with Crippen molar-refractivity contribution < 1.29 is 13.2 Å². The molecule has 3 aromatic rings. The molecule has 4 heterocycles. The summed E-state index contributed by atoms with van der Waals surface area (Å²) in [6, 6.07) is 10.6. The molecule has 0 aliphatic carbocycles. The molecule has 2 saturated heterocycles. The third kappa shape index (κ3) is 3.31. The predicted molar refractivity (Wildman–Crippen MR) is 104 cm³/mol. The number of alkyl halides is 3. The largest absolute Gasteiger partial charge is 0.416 e. The lowest BCUT2D eigenvalue weighted by Gasteiger charge is -2.39. The van der Waals surface area contributed by atoms with Gasteiger partial charge < -0.3 is 4.57 Å². The fourth-order valence-electron chi connectivity index (χ4n) is 5.13. The van der Waals surface area contributed by atoms with Crippen LogP contribution in [0, 0.1) is 0 Å². The highest BCUT2D eigenvalue weighted by molar-refractivity contribution is 5.71. The van der Waals surface area contributed by atoms with E-state index in [0.29, 0.717) is 18.0 Å². The van der Waals surface area contributed by atoms with Gasteiger partial charge in [-0.05, 0) is 61.4 Å². The van der Waals surface area contributed by atoms with Crippen molar-refractivity contribution >= 4 is 11.2 Å². The molecule has 3 atom stereocenters. The van der Waals surface area contributed by atoms with Gasteiger partial charge in [0.05, 0.1) is 17.6 Å². The van der Waals surface area contributed by atoms with Gasteiger partial charge in [0.1, 0.15) is 5.82 Å². The summed E-state index contributed by atoms with van der Waals surface area (Å²) in [6.45, 7) is 0.794. The summed E-state index contributed by atoms with van der Waals surface area (Å²) in [7, 11) is 2.03. The van der Waals surface area contributed by atoms with Crippen molar-refractivity contribution in [1.29, 1.82) is 0 Å². The Hall–Kier alpha value is -2.41. The van der Waals surface area contributed by atoms with Crippen molar-refractivity contribution in [3.05, 3.63) is 59.5 Å². The first-order chi connectivity index (χ1) is 13.9. The van der Waals surface area contributed by atoms with Crippen LogP contribution in [-0.4, -0.2) is 31.5 Å². The van der Waals surface area contributed by atoms with Crippen LogP contribution in [0.2, 0.25) is 0 Å². The molecule has 2 aromatic heterocycles. The molecular formula is C22H23F3N4. The van der Waals surface area contributed by atoms with E-state index in [0.717, 1.165) is 54.8 Å². The number of rotatable bonds is 3. The van der Waals surface area contributed by atoms with Crippen molar-refractivity contribution in [3.8, 4) is 0 Å². The van der Waals surface area contributed by atoms with E-state index in [4.69, 9.17) is 4.98 Å². The number of fused-ring (bicyclic) bond motifs is 3. The highest BCUT2D eigenvalue weighted by Crippen LogP contribution is 2.44. The Morgan fingerprint density at radius 2 is 1.72 bits per heavy atom. The van der Waals surface area contributed by atoms with Gasteiger partial charge >= 0.3 is 6.18 Å². The van der Waals surface area contributed by atoms with E-state index >= 15 is 0 Å². The van der Waals surface area contributed by atoms with Crippen molar-refractivity contribution in [2.75, 3.05) is 0 Å². The summed E-state index contributed by atoms with van der Waals surface area (Å²) in [5, 5.41) is 0. The molecule has 1 unspecified atom stereocenters. The maximum Gasteiger partial charge on any atom is 0.416 e. The molecule has 2 fully saturated rings. The highest BCUT2D eigenvalue weighted by atomic mass is 19.4. The number of hydrogen-bond donors (Lipinski definition) is 0. The van der Waals surface area contributed by atoms with Crippen molar-refractivity contribution in [1.82, 2.24) is 19.4 Å². The standard InChI is InChI=1S/C22H23F3N4/c1-28-19-3-2-10-26-21(19)27-20(28)13-29-17-8-9-18(29)12-15(11-17)14-4-6-16(7-5-14)22(23,24)25/h2-7,10,15,17-18H,8-9,11-13H2,1H3/t15?,17-,18+. The Morgan fingerprint density at radius 1 is 1.03 bits per heavy atom. The van der Waals surface area contributed by atoms with E-state index in [9.17, 15) is 13.2 Å². The van der Waals surface area contributed by atoms with Gasteiger partial charge in [-0.25, -0.2) is 9.97 Å². The quantitative estimate of drug-likeness (QED) is 0.627. The van der Waals surface area contributed by atoms with Gasteiger partial charge in [0, 0.05) is 25.3 Å². The molecule has 2 aliphatic rings. The lowest BCUT2D eigenvalue weighted by Crippen LogP contribution is -2.42. The van der Waals surface area contributed by atoms with Crippen LogP contribution in [-0.2, 0) is 19.8 Å². The van der Waals surface area contributed by atoms with Crippen molar-refractivity contribution in [3.63, 3.8) is 0 Å². The van der Waals surface area contributed by atoms with E-state index in [2.05, 4.69) is 14.5 Å². The Labute approximate surface area is 167 Å². The zero-order valence-electron chi connectivity index (χ0n) is 16.2. The fourth-order valence-corrected chi connectivity index (χ4v) is 5.13. The first-order valence-corrected chi connectivity index (χ1v) is 10.1. The van der Waals surface area contributed by atoms with Crippen LogP contribution in [0.3, 0.4) is 0 Å². The van der Waals surface area contributed by atoms with Gasteiger partial charge in [0.15, 0.2) is 5.65 Å². The van der Waals surface area contributed by atoms with E-state index in [1.54, 1.807) is 18.3 Å². The topological polar surface area (TPSA) is 34.0 Å². The molecule has 0 amide bonds. The van der Waals surface area contributed by atoms with Crippen molar-refractivity contribution in [2.45, 2.75) is 56.4 Å². The van der Waals surface area contributed by atoms with Crippen LogP contribution < -0.4 is 0 Å². The van der Waals surface area contributed by atoms with Crippen LogP contribution in [0.25, 0.3) is 11.2 Å². The van der Waals surface area contributed by atoms with E-state index in [-0.39, 0.29) is 0 Å². The zero-order chi connectivity index (χ0) is 20.2. The van der Waals surface area contributed by atoms with Crippen LogP contribution >= 0.6 is 0 Å². The molecular weight excluding hydrogens is 377 g/mol. The Morgan fingerprint density at radius 3 is 2.34 bits per heavy atom. The molecule has 4 nitrogen and oxygen atoms in total. The first-order valence-electron chi connectivity index (χ1n) is 10.1. The normalized spacial score (nSPS) is 25.0. The average Bonchev–Trinajstić information content (AvgIpc) is 3.13. The van der Waals surface area contributed by atoms with Gasteiger partial charge in [-0.15, -0.1) is 0 Å². The number of aryl methyl sites for hydroxylation is 1. The second-order valence-corrected chi connectivity index (χ2v) is 8.28. The molecule has 0 N–H and O–H groups in total. The minimum atomic E-state index is -4.28.